The molecular weight excluding hydrogens is 280 g/mol. The van der Waals surface area contributed by atoms with Crippen LogP contribution in [0.1, 0.15) is 30.2 Å². The second kappa shape index (κ2) is 6.79. The second-order valence-corrected chi connectivity index (χ2v) is 6.39. The van der Waals surface area contributed by atoms with Gasteiger partial charge in [0.2, 0.25) is 11.8 Å². The van der Waals surface area contributed by atoms with Crippen LogP contribution in [0.15, 0.2) is 4.42 Å². The quantitative estimate of drug-likeness (QED) is 0.900. The van der Waals surface area contributed by atoms with Crippen LogP contribution in [0.3, 0.4) is 0 Å². The van der Waals surface area contributed by atoms with Crippen molar-refractivity contribution >= 4 is 5.91 Å². The summed E-state index contributed by atoms with van der Waals surface area (Å²) in [7, 11) is 0. The largest absolute Gasteiger partial charge is 0.444 e. The fourth-order valence-corrected chi connectivity index (χ4v) is 3.25. The van der Waals surface area contributed by atoms with Gasteiger partial charge in [0.25, 0.3) is 0 Å². The van der Waals surface area contributed by atoms with E-state index in [0.717, 1.165) is 76.0 Å². The summed E-state index contributed by atoms with van der Waals surface area (Å²) in [5, 5.41) is 3.33. The van der Waals surface area contributed by atoms with Gasteiger partial charge >= 0.3 is 0 Å². The number of aromatic nitrogens is 1. The highest BCUT2D eigenvalue weighted by atomic mass is 16.4. The molecule has 2 aliphatic rings. The summed E-state index contributed by atoms with van der Waals surface area (Å²) in [6, 6.07) is 0. The molecule has 122 valence electrons. The van der Waals surface area contributed by atoms with Gasteiger partial charge in [-0.1, -0.05) is 0 Å². The van der Waals surface area contributed by atoms with Crippen LogP contribution in [0, 0.1) is 19.8 Å². The summed E-state index contributed by atoms with van der Waals surface area (Å²) in [5.74, 6) is 2.19. The topological polar surface area (TPSA) is 61.6 Å². The molecule has 6 nitrogen and oxygen atoms in total. The number of hydrogen-bond donors (Lipinski definition) is 1. The predicted molar refractivity (Wildman–Crippen MR) is 83.4 cm³/mol. The average Bonchev–Trinajstić information content (AvgIpc) is 2.86. The van der Waals surface area contributed by atoms with Crippen molar-refractivity contribution in [3.63, 3.8) is 0 Å². The van der Waals surface area contributed by atoms with E-state index in [2.05, 4.69) is 15.2 Å². The molecule has 3 rings (SSSR count). The molecule has 0 aliphatic carbocycles. The van der Waals surface area contributed by atoms with Crippen LogP contribution in [0.25, 0.3) is 0 Å². The highest BCUT2D eigenvalue weighted by Gasteiger charge is 2.28. The number of nitrogens with one attached hydrogen (secondary N) is 1. The van der Waals surface area contributed by atoms with E-state index in [0.29, 0.717) is 5.91 Å². The van der Waals surface area contributed by atoms with Gasteiger partial charge < -0.3 is 14.6 Å². The van der Waals surface area contributed by atoms with Crippen LogP contribution < -0.4 is 5.32 Å². The number of rotatable bonds is 3. The van der Waals surface area contributed by atoms with Gasteiger partial charge in [0.15, 0.2) is 0 Å². The van der Waals surface area contributed by atoms with E-state index in [1.54, 1.807) is 0 Å². The molecule has 1 aromatic heterocycles. The lowest BCUT2D eigenvalue weighted by Gasteiger charge is -2.36. The lowest BCUT2D eigenvalue weighted by atomic mass is 9.98. The number of nitrogens with zero attached hydrogens (tertiary/aromatic N) is 3. The van der Waals surface area contributed by atoms with Crippen molar-refractivity contribution in [1.82, 2.24) is 20.1 Å². The van der Waals surface area contributed by atoms with Crippen molar-refractivity contribution in [2.45, 2.75) is 33.2 Å². The van der Waals surface area contributed by atoms with E-state index in [1.165, 1.54) is 0 Å². The molecule has 0 saturated carbocycles. The Morgan fingerprint density at radius 1 is 1.32 bits per heavy atom. The summed E-state index contributed by atoms with van der Waals surface area (Å²) in [6.45, 7) is 9.96. The number of carbonyl (C=O) groups excluding carboxylic acids is 1. The molecule has 2 aliphatic heterocycles. The summed E-state index contributed by atoms with van der Waals surface area (Å²) in [5.41, 5.74) is 0.966. The Labute approximate surface area is 131 Å². The second-order valence-electron chi connectivity index (χ2n) is 6.39. The highest BCUT2D eigenvalue weighted by Crippen LogP contribution is 2.16. The summed E-state index contributed by atoms with van der Waals surface area (Å²) < 4.78 is 5.64. The molecule has 1 N–H and O–H groups in total. The zero-order chi connectivity index (χ0) is 15.5. The molecule has 3 heterocycles. The zero-order valence-corrected chi connectivity index (χ0v) is 13.6. The summed E-state index contributed by atoms with van der Waals surface area (Å²) in [4.78, 5) is 21.3. The number of hydrogen-bond acceptors (Lipinski definition) is 5. The van der Waals surface area contributed by atoms with Gasteiger partial charge in [0.1, 0.15) is 5.76 Å². The van der Waals surface area contributed by atoms with E-state index in [-0.39, 0.29) is 5.92 Å². The lowest BCUT2D eigenvalue weighted by molar-refractivity contribution is -0.137. The summed E-state index contributed by atoms with van der Waals surface area (Å²) in [6.07, 6.45) is 2.14. The van der Waals surface area contributed by atoms with Crippen LogP contribution in [0.4, 0.5) is 0 Å². The first-order chi connectivity index (χ1) is 10.6. The Morgan fingerprint density at radius 3 is 2.68 bits per heavy atom. The molecule has 0 spiro atoms. The molecule has 1 aromatic rings. The van der Waals surface area contributed by atoms with Crippen molar-refractivity contribution in [1.29, 1.82) is 0 Å². The maximum Gasteiger partial charge on any atom is 0.227 e. The third-order valence-electron chi connectivity index (χ3n) is 4.76. The third-order valence-corrected chi connectivity index (χ3v) is 4.76. The lowest BCUT2D eigenvalue weighted by Crippen LogP contribution is -2.51. The average molecular weight is 306 g/mol. The van der Waals surface area contributed by atoms with Gasteiger partial charge in [0.05, 0.1) is 18.2 Å². The number of oxazole rings is 1. The molecule has 0 aromatic carbocycles. The molecule has 2 fully saturated rings. The SMILES string of the molecule is Cc1nc(CN2CCN(C(=O)C3CCCNC3)CC2)oc1C. The molecule has 0 radical (unpaired) electrons. The molecule has 22 heavy (non-hydrogen) atoms. The number of amides is 1. The third kappa shape index (κ3) is 3.50. The zero-order valence-electron chi connectivity index (χ0n) is 13.6. The van der Waals surface area contributed by atoms with Crippen LogP contribution in [-0.4, -0.2) is 60.0 Å². The molecule has 1 atom stereocenters. The van der Waals surface area contributed by atoms with Crippen molar-refractivity contribution in [3.05, 3.63) is 17.3 Å². The Morgan fingerprint density at radius 2 is 2.09 bits per heavy atom. The molecule has 1 unspecified atom stereocenters. The standard InChI is InChI=1S/C16H26N4O2/c1-12-13(2)22-15(18-12)11-19-6-8-20(9-7-19)16(21)14-4-3-5-17-10-14/h14,17H,3-11H2,1-2H3. The fourth-order valence-electron chi connectivity index (χ4n) is 3.25. The van der Waals surface area contributed by atoms with Crippen molar-refractivity contribution in [2.24, 2.45) is 5.92 Å². The van der Waals surface area contributed by atoms with Gasteiger partial charge in [0, 0.05) is 32.7 Å². The van der Waals surface area contributed by atoms with Gasteiger partial charge in [-0.15, -0.1) is 0 Å². The van der Waals surface area contributed by atoms with Gasteiger partial charge in [-0.2, -0.15) is 0 Å². The maximum absolute atomic E-state index is 12.5. The van der Waals surface area contributed by atoms with E-state index < -0.39 is 0 Å². The Balaban J connectivity index is 1.48. The molecule has 6 heteroatoms. The monoisotopic (exact) mass is 306 g/mol. The number of aryl methyl sites for hydroxylation is 2. The van der Waals surface area contributed by atoms with E-state index in [1.807, 2.05) is 18.7 Å². The predicted octanol–water partition coefficient (Wildman–Crippen LogP) is 0.935. The molecule has 2 saturated heterocycles. The molecule has 0 bridgehead atoms. The van der Waals surface area contributed by atoms with Gasteiger partial charge in [-0.25, -0.2) is 4.98 Å². The summed E-state index contributed by atoms with van der Waals surface area (Å²) >= 11 is 0. The normalized spacial score (nSPS) is 23.7. The van der Waals surface area contributed by atoms with Crippen LogP contribution in [0.5, 0.6) is 0 Å². The minimum atomic E-state index is 0.178. The van der Waals surface area contributed by atoms with Crippen molar-refractivity contribution < 1.29 is 9.21 Å². The van der Waals surface area contributed by atoms with Crippen LogP contribution >= 0.6 is 0 Å². The van der Waals surface area contributed by atoms with Crippen molar-refractivity contribution in [3.8, 4) is 0 Å². The Hall–Kier alpha value is -1.40. The number of piperidine rings is 1. The molecular formula is C16H26N4O2. The van der Waals surface area contributed by atoms with Gasteiger partial charge in [-0.05, 0) is 33.2 Å². The first-order valence-corrected chi connectivity index (χ1v) is 8.28. The van der Waals surface area contributed by atoms with Crippen LogP contribution in [-0.2, 0) is 11.3 Å². The van der Waals surface area contributed by atoms with E-state index >= 15 is 0 Å². The Bertz CT molecular complexity index is 495. The van der Waals surface area contributed by atoms with E-state index in [9.17, 15) is 4.79 Å². The smallest absolute Gasteiger partial charge is 0.227 e. The van der Waals surface area contributed by atoms with E-state index in [4.69, 9.17) is 4.42 Å². The first kappa shape index (κ1) is 15.5. The van der Waals surface area contributed by atoms with Crippen LogP contribution in [0.2, 0.25) is 0 Å². The fraction of sp³-hybridized carbons (Fsp3) is 0.750. The first-order valence-electron chi connectivity index (χ1n) is 8.28. The number of carbonyl (C=O) groups is 1. The minimum absolute atomic E-state index is 0.178. The Kier molecular flexibility index (Phi) is 4.78. The van der Waals surface area contributed by atoms with Gasteiger partial charge in [-0.3, -0.25) is 9.69 Å². The van der Waals surface area contributed by atoms with Crippen molar-refractivity contribution in [2.75, 3.05) is 39.3 Å². The minimum Gasteiger partial charge on any atom is -0.444 e. The maximum atomic E-state index is 12.5. The highest BCUT2D eigenvalue weighted by molar-refractivity contribution is 5.79. The molecule has 1 amide bonds. The number of piperazine rings is 1.